The van der Waals surface area contributed by atoms with Crippen molar-refractivity contribution in [1.29, 1.82) is 0 Å². The lowest BCUT2D eigenvalue weighted by Crippen LogP contribution is -2.30. The molecule has 0 aliphatic rings. The Morgan fingerprint density at radius 3 is 2.59 bits per heavy atom. The van der Waals surface area contributed by atoms with Crippen LogP contribution in [0.4, 0.5) is 8.78 Å². The molecule has 2 unspecified atom stereocenters. The molecule has 0 heterocycles. The number of hydrogen-bond donors (Lipinski definition) is 1. The molecule has 17 heavy (non-hydrogen) atoms. The summed E-state index contributed by atoms with van der Waals surface area (Å²) in [6.45, 7) is 1.84. The van der Waals surface area contributed by atoms with E-state index < -0.39 is 23.8 Å². The normalized spacial score (nSPS) is 14.7. The summed E-state index contributed by atoms with van der Waals surface area (Å²) in [7, 11) is 1.46. The fraction of sp³-hybridized carbons (Fsp3) is 0.500. The minimum absolute atomic E-state index is 0.108. The van der Waals surface area contributed by atoms with Gasteiger partial charge in [0.2, 0.25) is 0 Å². The molecule has 0 fully saturated rings. The van der Waals surface area contributed by atoms with Gasteiger partial charge in [-0.3, -0.25) is 0 Å². The highest BCUT2D eigenvalue weighted by molar-refractivity contribution is 9.10. The predicted octanol–water partition coefficient (Wildman–Crippen LogP) is 3.06. The van der Waals surface area contributed by atoms with Crippen molar-refractivity contribution in [3.8, 4) is 0 Å². The van der Waals surface area contributed by atoms with Crippen LogP contribution in [0.15, 0.2) is 16.6 Å². The minimum atomic E-state index is -0.928. The van der Waals surface area contributed by atoms with Crippen LogP contribution in [-0.4, -0.2) is 24.4 Å². The molecule has 1 rings (SSSR count). The van der Waals surface area contributed by atoms with Crippen molar-refractivity contribution in [3.05, 3.63) is 33.8 Å². The smallest absolute Gasteiger partial charge is 0.143 e. The summed E-state index contributed by atoms with van der Waals surface area (Å²) in [5, 5.41) is 9.83. The third kappa shape index (κ3) is 3.47. The van der Waals surface area contributed by atoms with Gasteiger partial charge in [0.15, 0.2) is 0 Å². The Morgan fingerprint density at radius 2 is 2.06 bits per heavy atom. The van der Waals surface area contributed by atoms with Crippen LogP contribution in [0.25, 0.3) is 0 Å². The summed E-state index contributed by atoms with van der Waals surface area (Å²) in [6.07, 6.45) is -0.880. The molecule has 5 heteroatoms. The van der Waals surface area contributed by atoms with Gasteiger partial charge in [-0.2, -0.15) is 0 Å². The van der Waals surface area contributed by atoms with Gasteiger partial charge in [0.05, 0.1) is 16.7 Å². The van der Waals surface area contributed by atoms with Gasteiger partial charge in [0.25, 0.3) is 0 Å². The van der Waals surface area contributed by atoms with E-state index in [1.807, 2.05) is 6.92 Å². The van der Waals surface area contributed by atoms with E-state index in [1.165, 1.54) is 19.2 Å². The van der Waals surface area contributed by atoms with Gasteiger partial charge in [-0.1, -0.05) is 6.92 Å². The van der Waals surface area contributed by atoms with Crippen molar-refractivity contribution in [1.82, 2.24) is 0 Å². The first-order chi connectivity index (χ1) is 8.01. The van der Waals surface area contributed by atoms with Crippen molar-refractivity contribution in [2.75, 3.05) is 7.11 Å². The second kappa shape index (κ2) is 6.42. The third-order valence-corrected chi connectivity index (χ3v) is 3.30. The van der Waals surface area contributed by atoms with E-state index in [1.54, 1.807) is 0 Å². The molecular weight excluding hydrogens is 294 g/mol. The highest BCUT2D eigenvalue weighted by atomic mass is 79.9. The number of halogens is 3. The molecule has 1 aromatic carbocycles. The number of methoxy groups -OCH3 is 1. The van der Waals surface area contributed by atoms with Crippen LogP contribution < -0.4 is 0 Å². The van der Waals surface area contributed by atoms with Crippen molar-refractivity contribution >= 4 is 15.9 Å². The van der Waals surface area contributed by atoms with E-state index in [0.29, 0.717) is 6.42 Å². The zero-order valence-electron chi connectivity index (χ0n) is 9.71. The molecule has 0 saturated heterocycles. The molecule has 0 bridgehead atoms. The average molecular weight is 309 g/mol. The maximum absolute atomic E-state index is 13.7. The SMILES string of the molecule is CCC(OC)C(O)Cc1c(F)ccc(Br)c1F. The van der Waals surface area contributed by atoms with Gasteiger partial charge in [0.1, 0.15) is 11.6 Å². The number of rotatable bonds is 5. The van der Waals surface area contributed by atoms with Crippen LogP contribution in [-0.2, 0) is 11.2 Å². The monoisotopic (exact) mass is 308 g/mol. The Labute approximate surface area is 108 Å². The quantitative estimate of drug-likeness (QED) is 0.847. The first-order valence-electron chi connectivity index (χ1n) is 5.34. The Bertz CT molecular complexity index is 381. The van der Waals surface area contributed by atoms with E-state index >= 15 is 0 Å². The summed E-state index contributed by atoms with van der Waals surface area (Å²) < 4.78 is 32.3. The van der Waals surface area contributed by atoms with Crippen LogP contribution in [0.3, 0.4) is 0 Å². The fourth-order valence-corrected chi connectivity index (χ4v) is 2.06. The largest absolute Gasteiger partial charge is 0.390 e. The van der Waals surface area contributed by atoms with Crippen LogP contribution in [0.2, 0.25) is 0 Å². The second-order valence-corrected chi connectivity index (χ2v) is 4.63. The van der Waals surface area contributed by atoms with Gasteiger partial charge in [-0.15, -0.1) is 0 Å². The lowest BCUT2D eigenvalue weighted by Gasteiger charge is -2.20. The third-order valence-electron chi connectivity index (χ3n) is 2.69. The Kier molecular flexibility index (Phi) is 5.49. The average Bonchev–Trinajstić information content (AvgIpc) is 2.31. The van der Waals surface area contributed by atoms with Gasteiger partial charge < -0.3 is 9.84 Å². The van der Waals surface area contributed by atoms with Gasteiger partial charge in [-0.05, 0) is 34.5 Å². The number of aliphatic hydroxyl groups excluding tert-OH is 1. The van der Waals surface area contributed by atoms with Crippen LogP contribution in [0.5, 0.6) is 0 Å². The molecule has 0 saturated carbocycles. The van der Waals surface area contributed by atoms with Gasteiger partial charge >= 0.3 is 0 Å². The lowest BCUT2D eigenvalue weighted by molar-refractivity contribution is -0.0135. The number of hydrogen-bond acceptors (Lipinski definition) is 2. The lowest BCUT2D eigenvalue weighted by atomic mass is 10.0. The molecule has 2 nitrogen and oxygen atoms in total. The number of benzene rings is 1. The minimum Gasteiger partial charge on any atom is -0.390 e. The van der Waals surface area contributed by atoms with Crippen molar-refractivity contribution in [3.63, 3.8) is 0 Å². The molecule has 0 aromatic heterocycles. The molecular formula is C12H15BrF2O2. The summed E-state index contributed by atoms with van der Waals surface area (Å²) in [4.78, 5) is 0. The Hall–Kier alpha value is -0.520. The van der Waals surface area contributed by atoms with E-state index in [9.17, 15) is 13.9 Å². The topological polar surface area (TPSA) is 29.5 Å². The van der Waals surface area contributed by atoms with Crippen LogP contribution >= 0.6 is 15.9 Å². The molecule has 0 radical (unpaired) electrons. The number of aliphatic hydroxyl groups is 1. The van der Waals surface area contributed by atoms with E-state index in [4.69, 9.17) is 4.74 Å². The highest BCUT2D eigenvalue weighted by Gasteiger charge is 2.21. The molecule has 0 spiro atoms. The second-order valence-electron chi connectivity index (χ2n) is 3.78. The first-order valence-corrected chi connectivity index (χ1v) is 6.13. The standard InChI is InChI=1S/C12H15BrF2O2/c1-3-11(17-2)10(16)6-7-9(14)5-4-8(13)12(7)15/h4-5,10-11,16H,3,6H2,1-2H3. The molecule has 0 amide bonds. The zero-order valence-corrected chi connectivity index (χ0v) is 11.3. The highest BCUT2D eigenvalue weighted by Crippen LogP contribution is 2.23. The first kappa shape index (κ1) is 14.5. The summed E-state index contributed by atoms with van der Waals surface area (Å²) in [5.41, 5.74) is -0.123. The van der Waals surface area contributed by atoms with Crippen molar-refractivity contribution in [2.45, 2.75) is 32.0 Å². The predicted molar refractivity (Wildman–Crippen MR) is 64.9 cm³/mol. The Morgan fingerprint density at radius 1 is 1.41 bits per heavy atom. The molecule has 0 aliphatic heterocycles. The molecule has 2 atom stereocenters. The van der Waals surface area contributed by atoms with E-state index in [0.717, 1.165) is 0 Å². The maximum atomic E-state index is 13.7. The van der Waals surface area contributed by atoms with Gasteiger partial charge in [-0.25, -0.2) is 8.78 Å². The summed E-state index contributed by atoms with van der Waals surface area (Å²) in [5.74, 6) is -1.33. The number of ether oxygens (including phenoxy) is 1. The van der Waals surface area contributed by atoms with Crippen molar-refractivity contribution < 1.29 is 18.6 Å². The molecule has 0 aliphatic carbocycles. The summed E-state index contributed by atoms with van der Waals surface area (Å²) >= 11 is 2.99. The molecule has 1 aromatic rings. The molecule has 1 N–H and O–H groups in total. The Balaban J connectivity index is 2.91. The van der Waals surface area contributed by atoms with Crippen LogP contribution in [0.1, 0.15) is 18.9 Å². The summed E-state index contributed by atoms with van der Waals surface area (Å²) in [6, 6.07) is 2.47. The fourth-order valence-electron chi connectivity index (χ4n) is 1.69. The van der Waals surface area contributed by atoms with Crippen LogP contribution in [0, 0.1) is 11.6 Å². The maximum Gasteiger partial charge on any atom is 0.143 e. The van der Waals surface area contributed by atoms with E-state index in [-0.39, 0.29) is 16.5 Å². The van der Waals surface area contributed by atoms with Crippen molar-refractivity contribution in [2.24, 2.45) is 0 Å². The van der Waals surface area contributed by atoms with Gasteiger partial charge in [0, 0.05) is 19.1 Å². The zero-order chi connectivity index (χ0) is 13.0. The molecule has 96 valence electrons. The van der Waals surface area contributed by atoms with E-state index in [2.05, 4.69) is 15.9 Å².